The zero-order valence-electron chi connectivity index (χ0n) is 16.8. The first-order valence-electron chi connectivity index (χ1n) is 10.5. The molecule has 2 aliphatic heterocycles. The molecule has 2 aromatic heterocycles. The van der Waals surface area contributed by atoms with Crippen LogP contribution in [0.25, 0.3) is 5.65 Å². The van der Waals surface area contributed by atoms with Crippen LogP contribution in [0.3, 0.4) is 0 Å². The summed E-state index contributed by atoms with van der Waals surface area (Å²) in [5.41, 5.74) is 1.88. The molecule has 156 valence electrons. The fourth-order valence-corrected chi connectivity index (χ4v) is 4.73. The van der Waals surface area contributed by atoms with E-state index in [1.807, 2.05) is 33.7 Å². The number of carbonyl (C=O) groups is 1. The molecule has 7 nitrogen and oxygen atoms in total. The van der Waals surface area contributed by atoms with Gasteiger partial charge in [0.25, 0.3) is 0 Å². The summed E-state index contributed by atoms with van der Waals surface area (Å²) in [6.45, 7) is 4.84. The maximum atomic E-state index is 13.2. The van der Waals surface area contributed by atoms with Gasteiger partial charge in [-0.3, -0.25) is 9.20 Å². The first-order valence-corrected chi connectivity index (χ1v) is 10.9. The highest BCUT2D eigenvalue weighted by Gasteiger charge is 2.32. The first-order chi connectivity index (χ1) is 14.7. The van der Waals surface area contributed by atoms with Gasteiger partial charge in [0, 0.05) is 51.2 Å². The average Bonchev–Trinajstić information content (AvgIpc) is 3.25. The van der Waals surface area contributed by atoms with Crippen LogP contribution >= 0.6 is 11.6 Å². The predicted octanol–water partition coefficient (Wildman–Crippen LogP) is 2.95. The lowest BCUT2D eigenvalue weighted by atomic mass is 9.96. The summed E-state index contributed by atoms with van der Waals surface area (Å²) >= 11 is 6.24. The molecular formula is C22H25ClN6O. The predicted molar refractivity (Wildman–Crippen MR) is 118 cm³/mol. The maximum absolute atomic E-state index is 13.2. The van der Waals surface area contributed by atoms with E-state index in [-0.39, 0.29) is 11.8 Å². The lowest BCUT2D eigenvalue weighted by molar-refractivity contribution is -0.136. The number of anilines is 2. The smallest absolute Gasteiger partial charge is 0.231 e. The molecule has 0 radical (unpaired) electrons. The summed E-state index contributed by atoms with van der Waals surface area (Å²) < 4.78 is 1.91. The first kappa shape index (κ1) is 19.2. The maximum Gasteiger partial charge on any atom is 0.231 e. The van der Waals surface area contributed by atoms with E-state index in [2.05, 4.69) is 44.3 Å². The standard InChI is InChI=1S/C22H25ClN6O/c23-19-9-5-11-29-20(19)24-25-22(29)28-10-4-6-17(16-28)21(30)27-14-12-26(13-15-27)18-7-2-1-3-8-18/h1-3,5,7-9,11,17H,4,6,10,12-16H2. The van der Waals surface area contributed by atoms with E-state index in [9.17, 15) is 4.79 Å². The summed E-state index contributed by atoms with van der Waals surface area (Å²) in [6, 6.07) is 14.1. The van der Waals surface area contributed by atoms with E-state index in [1.54, 1.807) is 0 Å². The minimum atomic E-state index is -0.00596. The van der Waals surface area contributed by atoms with Crippen molar-refractivity contribution in [1.82, 2.24) is 19.5 Å². The van der Waals surface area contributed by atoms with Gasteiger partial charge in [-0.05, 0) is 37.1 Å². The Bertz CT molecular complexity index is 1030. The number of aromatic nitrogens is 3. The van der Waals surface area contributed by atoms with Crippen molar-refractivity contribution in [1.29, 1.82) is 0 Å². The van der Waals surface area contributed by atoms with Crippen molar-refractivity contribution in [2.24, 2.45) is 5.92 Å². The van der Waals surface area contributed by atoms with Crippen LogP contribution in [0.1, 0.15) is 12.8 Å². The van der Waals surface area contributed by atoms with E-state index in [0.717, 1.165) is 51.5 Å². The molecule has 30 heavy (non-hydrogen) atoms. The van der Waals surface area contributed by atoms with Crippen LogP contribution in [-0.2, 0) is 4.79 Å². The van der Waals surface area contributed by atoms with Gasteiger partial charge in [-0.1, -0.05) is 29.8 Å². The van der Waals surface area contributed by atoms with E-state index in [1.165, 1.54) is 5.69 Å². The number of hydrogen-bond acceptors (Lipinski definition) is 5. The molecule has 0 N–H and O–H groups in total. The van der Waals surface area contributed by atoms with Gasteiger partial charge in [-0.25, -0.2) is 0 Å². The number of nitrogens with zero attached hydrogens (tertiary/aromatic N) is 6. The Kier molecular flexibility index (Phi) is 5.21. The molecule has 2 saturated heterocycles. The van der Waals surface area contributed by atoms with Gasteiger partial charge in [-0.15, -0.1) is 10.2 Å². The molecule has 2 aliphatic rings. The largest absolute Gasteiger partial charge is 0.368 e. The van der Waals surface area contributed by atoms with Crippen LogP contribution < -0.4 is 9.80 Å². The van der Waals surface area contributed by atoms with E-state index in [4.69, 9.17) is 11.6 Å². The van der Waals surface area contributed by atoms with Crippen molar-refractivity contribution in [2.45, 2.75) is 12.8 Å². The Balaban J connectivity index is 1.25. The van der Waals surface area contributed by atoms with Gasteiger partial charge in [0.2, 0.25) is 11.9 Å². The molecule has 1 atom stereocenters. The lowest BCUT2D eigenvalue weighted by Crippen LogP contribution is -2.52. The topological polar surface area (TPSA) is 57.0 Å². The molecule has 0 saturated carbocycles. The molecule has 0 aliphatic carbocycles. The minimum Gasteiger partial charge on any atom is -0.368 e. The number of fused-ring (bicyclic) bond motifs is 1. The molecule has 1 aromatic carbocycles. The number of halogens is 1. The molecule has 1 unspecified atom stereocenters. The van der Waals surface area contributed by atoms with Crippen molar-refractivity contribution in [3.8, 4) is 0 Å². The van der Waals surface area contributed by atoms with Gasteiger partial charge >= 0.3 is 0 Å². The third kappa shape index (κ3) is 3.58. The summed E-state index contributed by atoms with van der Waals surface area (Å²) in [6.07, 6.45) is 3.81. The van der Waals surface area contributed by atoms with Crippen molar-refractivity contribution < 1.29 is 4.79 Å². The quantitative estimate of drug-likeness (QED) is 0.647. The average molecular weight is 425 g/mol. The van der Waals surface area contributed by atoms with Crippen LogP contribution in [-0.4, -0.2) is 64.7 Å². The highest BCUT2D eigenvalue weighted by atomic mass is 35.5. The van der Waals surface area contributed by atoms with Crippen molar-refractivity contribution in [3.05, 3.63) is 53.7 Å². The second-order valence-corrected chi connectivity index (χ2v) is 8.39. The Labute approximate surface area is 180 Å². The van der Waals surface area contributed by atoms with Gasteiger partial charge in [0.15, 0.2) is 5.65 Å². The molecule has 8 heteroatoms. The highest BCUT2D eigenvalue weighted by molar-refractivity contribution is 6.33. The number of piperidine rings is 1. The van der Waals surface area contributed by atoms with Crippen molar-refractivity contribution in [3.63, 3.8) is 0 Å². The second-order valence-electron chi connectivity index (χ2n) is 7.98. The number of para-hydroxylation sites is 1. The Morgan fingerprint density at radius 1 is 0.933 bits per heavy atom. The van der Waals surface area contributed by atoms with Crippen molar-refractivity contribution >= 4 is 34.8 Å². The number of piperazine rings is 1. The fourth-order valence-electron chi connectivity index (χ4n) is 4.53. The Morgan fingerprint density at radius 3 is 2.53 bits per heavy atom. The summed E-state index contributed by atoms with van der Waals surface area (Å²) in [7, 11) is 0. The van der Waals surface area contributed by atoms with E-state index >= 15 is 0 Å². The minimum absolute atomic E-state index is 0.00596. The monoisotopic (exact) mass is 424 g/mol. The van der Waals surface area contributed by atoms with Gasteiger partial charge in [0.05, 0.1) is 10.9 Å². The SMILES string of the molecule is O=C(C1CCCN(c2nnc3c(Cl)cccn23)C1)N1CCN(c2ccccc2)CC1. The van der Waals surface area contributed by atoms with Crippen molar-refractivity contribution in [2.75, 3.05) is 49.1 Å². The van der Waals surface area contributed by atoms with E-state index in [0.29, 0.717) is 17.2 Å². The van der Waals surface area contributed by atoms with E-state index < -0.39 is 0 Å². The highest BCUT2D eigenvalue weighted by Crippen LogP contribution is 2.26. The van der Waals surface area contributed by atoms with Gasteiger partial charge in [-0.2, -0.15) is 0 Å². The molecular weight excluding hydrogens is 400 g/mol. The van der Waals surface area contributed by atoms with Gasteiger partial charge < -0.3 is 14.7 Å². The number of pyridine rings is 1. The lowest BCUT2D eigenvalue weighted by Gasteiger charge is -2.39. The number of hydrogen-bond donors (Lipinski definition) is 0. The molecule has 0 bridgehead atoms. The molecule has 3 aromatic rings. The number of benzene rings is 1. The van der Waals surface area contributed by atoms with Gasteiger partial charge in [0.1, 0.15) is 0 Å². The van der Waals surface area contributed by atoms with Crippen LogP contribution in [0.4, 0.5) is 11.6 Å². The van der Waals surface area contributed by atoms with Crippen LogP contribution in [0.2, 0.25) is 5.02 Å². The molecule has 0 spiro atoms. The molecule has 5 rings (SSSR count). The summed E-state index contributed by atoms with van der Waals surface area (Å²) in [4.78, 5) is 19.8. The Morgan fingerprint density at radius 2 is 1.73 bits per heavy atom. The Hall–Kier alpha value is -2.80. The number of carbonyl (C=O) groups excluding carboxylic acids is 1. The molecule has 4 heterocycles. The number of rotatable bonds is 3. The normalized spacial score (nSPS) is 20.0. The third-order valence-corrected chi connectivity index (χ3v) is 6.43. The summed E-state index contributed by atoms with van der Waals surface area (Å²) in [5, 5.41) is 9.16. The van der Waals surface area contributed by atoms with Crippen LogP contribution in [0.15, 0.2) is 48.7 Å². The zero-order valence-corrected chi connectivity index (χ0v) is 17.6. The third-order valence-electron chi connectivity index (χ3n) is 6.14. The fraction of sp³-hybridized carbons (Fsp3) is 0.409. The van der Waals surface area contributed by atoms with Crippen LogP contribution in [0.5, 0.6) is 0 Å². The summed E-state index contributed by atoms with van der Waals surface area (Å²) in [5.74, 6) is 1.02. The molecule has 1 amide bonds. The van der Waals surface area contributed by atoms with Crippen LogP contribution in [0, 0.1) is 5.92 Å². The molecule has 2 fully saturated rings. The second kappa shape index (κ2) is 8.14. The zero-order chi connectivity index (χ0) is 20.5. The number of amides is 1.